The van der Waals surface area contributed by atoms with Crippen molar-refractivity contribution in [2.45, 2.75) is 51.6 Å². The normalized spacial score (nSPS) is 17.1. The summed E-state index contributed by atoms with van der Waals surface area (Å²) >= 11 is 0. The third kappa shape index (κ3) is 4.24. The summed E-state index contributed by atoms with van der Waals surface area (Å²) in [5, 5.41) is 11.5. The maximum Gasteiger partial charge on any atom is 0.320 e. The van der Waals surface area contributed by atoms with E-state index in [1.165, 1.54) is 0 Å². The van der Waals surface area contributed by atoms with E-state index in [-0.39, 0.29) is 11.9 Å². The molecule has 1 fully saturated rings. The quantitative estimate of drug-likeness (QED) is 0.628. The van der Waals surface area contributed by atoms with Crippen LogP contribution in [-0.4, -0.2) is 66.1 Å². The fourth-order valence-electron chi connectivity index (χ4n) is 5.14. The number of fused-ring (bicyclic) bond motifs is 2. The van der Waals surface area contributed by atoms with Crippen LogP contribution in [0.4, 0.5) is 10.6 Å². The summed E-state index contributed by atoms with van der Waals surface area (Å²) in [6.07, 6.45) is 7.79. The average Bonchev–Trinajstić information content (AvgIpc) is 3.58. The smallest absolute Gasteiger partial charge is 0.320 e. The van der Waals surface area contributed by atoms with Crippen LogP contribution in [0.3, 0.4) is 0 Å². The first kappa shape index (κ1) is 21.7. The molecule has 0 bridgehead atoms. The second-order valence-corrected chi connectivity index (χ2v) is 9.40. The van der Waals surface area contributed by atoms with Crippen LogP contribution in [-0.2, 0) is 25.9 Å². The van der Waals surface area contributed by atoms with Gasteiger partial charge in [0.1, 0.15) is 23.0 Å². The zero-order valence-corrected chi connectivity index (χ0v) is 19.6. The highest BCUT2D eigenvalue weighted by atomic mass is 16.2. The number of aromatic nitrogens is 5. The number of urea groups is 1. The van der Waals surface area contributed by atoms with Crippen molar-refractivity contribution in [3.05, 3.63) is 53.1 Å². The van der Waals surface area contributed by atoms with Gasteiger partial charge in [-0.3, -0.25) is 9.78 Å². The standard InChI is InChI=1S/C25H28N8O2/c34-24(28-21-7-5-6-19(27-21)23-30-29-22-8-1-2-12-33(22)23)20-14-18-16-32(13-9-17(18)15-26-20)25(35)31-10-3-4-11-31/h5-7,14-15H,1-4,8-13,16H2,(H,27,28,34). The molecule has 3 aliphatic rings. The van der Waals surface area contributed by atoms with Gasteiger partial charge in [0.15, 0.2) is 5.82 Å². The van der Waals surface area contributed by atoms with E-state index in [1.54, 1.807) is 18.3 Å². The van der Waals surface area contributed by atoms with Gasteiger partial charge in [-0.15, -0.1) is 10.2 Å². The molecular weight excluding hydrogens is 444 g/mol. The largest absolute Gasteiger partial charge is 0.325 e. The zero-order valence-electron chi connectivity index (χ0n) is 19.6. The van der Waals surface area contributed by atoms with Crippen LogP contribution in [0, 0.1) is 0 Å². The molecule has 10 nitrogen and oxygen atoms in total. The van der Waals surface area contributed by atoms with Gasteiger partial charge in [-0.25, -0.2) is 9.78 Å². The molecule has 3 aliphatic heterocycles. The highest BCUT2D eigenvalue weighted by Crippen LogP contribution is 2.24. The number of nitrogens with zero attached hydrogens (tertiary/aromatic N) is 7. The van der Waals surface area contributed by atoms with Gasteiger partial charge in [-0.05, 0) is 61.4 Å². The predicted molar refractivity (Wildman–Crippen MR) is 129 cm³/mol. The second-order valence-electron chi connectivity index (χ2n) is 9.40. The number of hydrogen-bond acceptors (Lipinski definition) is 6. The molecule has 10 heteroatoms. The molecule has 1 saturated heterocycles. The van der Waals surface area contributed by atoms with Gasteiger partial charge in [0.05, 0.1) is 0 Å². The van der Waals surface area contributed by atoms with Crippen molar-refractivity contribution in [3.8, 4) is 11.5 Å². The number of rotatable bonds is 3. The van der Waals surface area contributed by atoms with Crippen molar-refractivity contribution in [1.29, 1.82) is 0 Å². The number of nitrogens with one attached hydrogen (secondary N) is 1. The van der Waals surface area contributed by atoms with Crippen LogP contribution in [0.5, 0.6) is 0 Å². The molecule has 0 saturated carbocycles. The average molecular weight is 473 g/mol. The number of anilines is 1. The molecule has 0 aliphatic carbocycles. The van der Waals surface area contributed by atoms with E-state index in [0.29, 0.717) is 30.3 Å². The van der Waals surface area contributed by atoms with Crippen LogP contribution in [0.1, 0.15) is 53.1 Å². The summed E-state index contributed by atoms with van der Waals surface area (Å²) in [7, 11) is 0. The van der Waals surface area contributed by atoms with Crippen LogP contribution in [0.25, 0.3) is 11.5 Å². The number of carbonyl (C=O) groups excluding carboxylic acids is 2. The third-order valence-electron chi connectivity index (χ3n) is 7.05. The molecule has 0 radical (unpaired) electrons. The summed E-state index contributed by atoms with van der Waals surface area (Å²) in [5.74, 6) is 1.82. The van der Waals surface area contributed by atoms with Gasteiger partial charge >= 0.3 is 6.03 Å². The lowest BCUT2D eigenvalue weighted by atomic mass is 10.0. The summed E-state index contributed by atoms with van der Waals surface area (Å²) in [5.41, 5.74) is 3.05. The van der Waals surface area contributed by atoms with Crippen LogP contribution >= 0.6 is 0 Å². The number of carbonyl (C=O) groups is 2. The lowest BCUT2D eigenvalue weighted by Gasteiger charge is -2.32. The molecule has 3 aromatic rings. The van der Waals surface area contributed by atoms with E-state index in [0.717, 1.165) is 80.9 Å². The maximum atomic E-state index is 13.0. The van der Waals surface area contributed by atoms with Gasteiger partial charge in [0.2, 0.25) is 0 Å². The Labute approximate surface area is 203 Å². The minimum atomic E-state index is -0.330. The molecule has 6 heterocycles. The molecule has 1 N–H and O–H groups in total. The van der Waals surface area contributed by atoms with Crippen LogP contribution in [0.2, 0.25) is 0 Å². The first-order valence-corrected chi connectivity index (χ1v) is 12.4. The molecule has 180 valence electrons. The highest BCUT2D eigenvalue weighted by Gasteiger charge is 2.27. The molecule has 0 atom stereocenters. The number of amides is 3. The Balaban J connectivity index is 1.18. The lowest BCUT2D eigenvalue weighted by molar-refractivity contribution is 0.102. The lowest BCUT2D eigenvalue weighted by Crippen LogP contribution is -2.44. The SMILES string of the molecule is O=C(Nc1cccc(-c2nnc3n2CCCC3)n1)c1cc2c(cn1)CCN(C(=O)N1CCCC1)C2. The van der Waals surface area contributed by atoms with Crippen molar-refractivity contribution in [3.63, 3.8) is 0 Å². The fourth-order valence-corrected chi connectivity index (χ4v) is 5.14. The minimum Gasteiger partial charge on any atom is -0.325 e. The predicted octanol–water partition coefficient (Wildman–Crippen LogP) is 2.90. The van der Waals surface area contributed by atoms with Crippen molar-refractivity contribution < 1.29 is 9.59 Å². The maximum absolute atomic E-state index is 13.0. The van der Waals surface area contributed by atoms with Gasteiger partial charge in [-0.1, -0.05) is 6.07 Å². The van der Waals surface area contributed by atoms with E-state index in [1.807, 2.05) is 21.9 Å². The fraction of sp³-hybridized carbons (Fsp3) is 0.440. The number of hydrogen-bond donors (Lipinski definition) is 1. The summed E-state index contributed by atoms with van der Waals surface area (Å²) in [6.45, 7) is 3.72. The van der Waals surface area contributed by atoms with Gasteiger partial charge in [-0.2, -0.15) is 0 Å². The summed E-state index contributed by atoms with van der Waals surface area (Å²) in [4.78, 5) is 38.6. The first-order valence-electron chi connectivity index (χ1n) is 12.4. The van der Waals surface area contributed by atoms with Crippen molar-refractivity contribution in [1.82, 2.24) is 34.5 Å². The topological polar surface area (TPSA) is 109 Å². The van der Waals surface area contributed by atoms with Crippen LogP contribution < -0.4 is 5.32 Å². The van der Waals surface area contributed by atoms with Crippen molar-refractivity contribution >= 4 is 17.8 Å². The van der Waals surface area contributed by atoms with E-state index < -0.39 is 0 Å². The van der Waals surface area contributed by atoms with Crippen molar-refractivity contribution in [2.24, 2.45) is 0 Å². The van der Waals surface area contributed by atoms with E-state index in [4.69, 9.17) is 0 Å². The van der Waals surface area contributed by atoms with Crippen LogP contribution in [0.15, 0.2) is 30.5 Å². The summed E-state index contributed by atoms with van der Waals surface area (Å²) < 4.78 is 2.11. The Morgan fingerprint density at radius 2 is 1.74 bits per heavy atom. The Bertz CT molecular complexity index is 1280. The second kappa shape index (κ2) is 9.09. The molecule has 35 heavy (non-hydrogen) atoms. The molecule has 0 unspecified atom stereocenters. The Kier molecular flexibility index (Phi) is 5.63. The first-order chi connectivity index (χ1) is 17.2. The van der Waals surface area contributed by atoms with E-state index in [2.05, 4.69) is 30.0 Å². The molecule has 3 amide bonds. The minimum absolute atomic E-state index is 0.0904. The van der Waals surface area contributed by atoms with E-state index in [9.17, 15) is 9.59 Å². The number of pyridine rings is 2. The van der Waals surface area contributed by atoms with Gasteiger partial charge in [0.25, 0.3) is 5.91 Å². The molecule has 6 rings (SSSR count). The Morgan fingerprint density at radius 1 is 0.886 bits per heavy atom. The molecule has 0 aromatic carbocycles. The summed E-state index contributed by atoms with van der Waals surface area (Å²) in [6, 6.07) is 7.37. The molecule has 3 aromatic heterocycles. The number of aryl methyl sites for hydroxylation is 1. The zero-order chi connectivity index (χ0) is 23.8. The Morgan fingerprint density at radius 3 is 2.63 bits per heavy atom. The van der Waals surface area contributed by atoms with E-state index >= 15 is 0 Å². The van der Waals surface area contributed by atoms with Gasteiger partial charge in [0, 0.05) is 45.3 Å². The van der Waals surface area contributed by atoms with Crippen molar-refractivity contribution in [2.75, 3.05) is 25.0 Å². The molecule has 0 spiro atoms. The third-order valence-corrected chi connectivity index (χ3v) is 7.05. The monoisotopic (exact) mass is 472 g/mol. The Hall–Kier alpha value is -3.82. The van der Waals surface area contributed by atoms with Gasteiger partial charge < -0.3 is 19.7 Å². The molecular formula is C25H28N8O2. The number of likely N-dealkylation sites (tertiary alicyclic amines) is 1. The highest BCUT2D eigenvalue weighted by molar-refractivity contribution is 6.02.